The van der Waals surface area contributed by atoms with Gasteiger partial charge in [0.25, 0.3) is 0 Å². The van der Waals surface area contributed by atoms with Crippen molar-refractivity contribution in [1.29, 1.82) is 0 Å². The smallest absolute Gasteiger partial charge is 0.322 e. The summed E-state index contributed by atoms with van der Waals surface area (Å²) in [4.78, 5) is 18.6. The molecule has 2 amide bonds. The highest BCUT2D eigenvalue weighted by atomic mass is 35.5. The van der Waals surface area contributed by atoms with Gasteiger partial charge in [-0.1, -0.05) is 36.2 Å². The first-order valence-corrected chi connectivity index (χ1v) is 8.56. The van der Waals surface area contributed by atoms with Gasteiger partial charge < -0.3 is 10.2 Å². The second-order valence-corrected chi connectivity index (χ2v) is 6.81. The molecule has 0 aliphatic carbocycles. The van der Waals surface area contributed by atoms with Crippen LogP contribution in [0.5, 0.6) is 0 Å². The summed E-state index contributed by atoms with van der Waals surface area (Å²) in [6.45, 7) is 6.66. The number of carbonyl (C=O) groups is 1. The zero-order chi connectivity index (χ0) is 17.7. The average molecular weight is 366 g/mol. The molecule has 0 fully saturated rings. The predicted octanol–water partition coefficient (Wildman–Crippen LogP) is 5.43. The third-order valence-corrected chi connectivity index (χ3v) is 4.52. The van der Waals surface area contributed by atoms with E-state index in [0.29, 0.717) is 22.3 Å². The van der Waals surface area contributed by atoms with Gasteiger partial charge in [0.2, 0.25) is 0 Å². The molecule has 0 bridgehead atoms. The largest absolute Gasteiger partial charge is 0.322 e. The van der Waals surface area contributed by atoms with E-state index in [1.54, 1.807) is 29.3 Å². The number of anilines is 1. The number of rotatable bonds is 5. The molecule has 0 saturated carbocycles. The normalized spacial score (nSPS) is 12.1. The van der Waals surface area contributed by atoms with E-state index in [0.717, 1.165) is 5.56 Å². The molecule has 4 nitrogen and oxygen atoms in total. The van der Waals surface area contributed by atoms with Crippen LogP contribution in [0, 0.1) is 0 Å². The molecular weight excluding hydrogens is 345 g/mol. The Morgan fingerprint density at radius 2 is 1.96 bits per heavy atom. The molecule has 2 aromatic rings. The number of amides is 2. The summed E-state index contributed by atoms with van der Waals surface area (Å²) in [5, 5.41) is 3.75. The zero-order valence-electron chi connectivity index (χ0n) is 14.0. The van der Waals surface area contributed by atoms with Crippen LogP contribution in [0.15, 0.2) is 42.7 Å². The molecular formula is C18H21Cl2N3O. The molecule has 0 unspecified atom stereocenters. The van der Waals surface area contributed by atoms with Crippen molar-refractivity contribution in [2.45, 2.75) is 32.7 Å². The SMILES string of the molecule is CC(C)N(C[C@@H](C)c1cccnc1)C(=O)Nc1ccc(Cl)c(Cl)c1. The number of nitrogens with zero attached hydrogens (tertiary/aromatic N) is 2. The van der Waals surface area contributed by atoms with Gasteiger partial charge >= 0.3 is 6.03 Å². The van der Waals surface area contributed by atoms with Crippen molar-refractivity contribution in [3.63, 3.8) is 0 Å². The number of benzene rings is 1. The third kappa shape index (κ3) is 4.86. The number of aromatic nitrogens is 1. The lowest BCUT2D eigenvalue weighted by Gasteiger charge is -2.30. The zero-order valence-corrected chi connectivity index (χ0v) is 15.5. The van der Waals surface area contributed by atoms with E-state index in [-0.39, 0.29) is 18.0 Å². The fourth-order valence-electron chi connectivity index (χ4n) is 2.37. The highest BCUT2D eigenvalue weighted by molar-refractivity contribution is 6.42. The van der Waals surface area contributed by atoms with Crippen LogP contribution in [-0.4, -0.2) is 28.5 Å². The minimum Gasteiger partial charge on any atom is -0.322 e. The van der Waals surface area contributed by atoms with Crippen LogP contribution in [0.4, 0.5) is 10.5 Å². The molecule has 1 aromatic carbocycles. The summed E-state index contributed by atoms with van der Waals surface area (Å²) < 4.78 is 0. The molecule has 24 heavy (non-hydrogen) atoms. The summed E-state index contributed by atoms with van der Waals surface area (Å²) >= 11 is 11.9. The molecule has 0 radical (unpaired) electrons. The molecule has 2 rings (SSSR count). The Balaban J connectivity index is 2.09. The van der Waals surface area contributed by atoms with E-state index in [2.05, 4.69) is 17.2 Å². The van der Waals surface area contributed by atoms with Crippen molar-refractivity contribution in [3.8, 4) is 0 Å². The van der Waals surface area contributed by atoms with Gasteiger partial charge in [-0.2, -0.15) is 0 Å². The number of pyridine rings is 1. The Kier molecular flexibility index (Phi) is 6.46. The highest BCUT2D eigenvalue weighted by Crippen LogP contribution is 2.25. The second kappa shape index (κ2) is 8.36. The maximum atomic E-state index is 12.6. The maximum Gasteiger partial charge on any atom is 0.322 e. The summed E-state index contributed by atoms with van der Waals surface area (Å²) in [5.74, 6) is 0.181. The van der Waals surface area contributed by atoms with Crippen molar-refractivity contribution in [2.24, 2.45) is 0 Å². The fraction of sp³-hybridized carbons (Fsp3) is 0.333. The fourth-order valence-corrected chi connectivity index (χ4v) is 2.66. The summed E-state index contributed by atoms with van der Waals surface area (Å²) in [5.41, 5.74) is 1.72. The van der Waals surface area contributed by atoms with E-state index in [9.17, 15) is 4.79 Å². The Hall–Kier alpha value is -1.78. The quantitative estimate of drug-likeness (QED) is 0.766. The monoisotopic (exact) mass is 365 g/mol. The van der Waals surface area contributed by atoms with E-state index in [4.69, 9.17) is 23.2 Å². The van der Waals surface area contributed by atoms with E-state index in [1.165, 1.54) is 0 Å². The first-order chi connectivity index (χ1) is 11.4. The number of urea groups is 1. The van der Waals surface area contributed by atoms with Crippen molar-refractivity contribution < 1.29 is 4.79 Å². The molecule has 0 aliphatic rings. The van der Waals surface area contributed by atoms with Crippen molar-refractivity contribution in [2.75, 3.05) is 11.9 Å². The van der Waals surface area contributed by atoms with E-state index in [1.807, 2.05) is 32.2 Å². The molecule has 6 heteroatoms. The number of halogens is 2. The van der Waals surface area contributed by atoms with E-state index >= 15 is 0 Å². The molecule has 0 saturated heterocycles. The topological polar surface area (TPSA) is 45.2 Å². The first kappa shape index (κ1) is 18.6. The molecule has 128 valence electrons. The number of nitrogens with one attached hydrogen (secondary N) is 1. The molecule has 1 N–H and O–H groups in total. The molecule has 1 heterocycles. The number of hydrogen-bond acceptors (Lipinski definition) is 2. The van der Waals surface area contributed by atoms with Gasteiger partial charge in [-0.3, -0.25) is 4.98 Å². The lowest BCUT2D eigenvalue weighted by molar-refractivity contribution is 0.193. The number of hydrogen-bond donors (Lipinski definition) is 1. The Morgan fingerprint density at radius 1 is 1.21 bits per heavy atom. The molecule has 1 atom stereocenters. The van der Waals surface area contributed by atoms with Crippen LogP contribution in [0.1, 0.15) is 32.3 Å². The summed E-state index contributed by atoms with van der Waals surface area (Å²) in [6, 6.07) is 8.86. The second-order valence-electron chi connectivity index (χ2n) is 5.99. The van der Waals surface area contributed by atoms with Gasteiger partial charge in [-0.15, -0.1) is 0 Å². The maximum absolute atomic E-state index is 12.6. The Labute approximate surface area is 152 Å². The van der Waals surface area contributed by atoms with E-state index < -0.39 is 0 Å². The minimum absolute atomic E-state index is 0.0619. The molecule has 1 aromatic heterocycles. The van der Waals surface area contributed by atoms with Crippen LogP contribution in [0.25, 0.3) is 0 Å². The van der Waals surface area contributed by atoms with Crippen LogP contribution in [-0.2, 0) is 0 Å². The predicted molar refractivity (Wildman–Crippen MR) is 100.0 cm³/mol. The molecule has 0 spiro atoms. The first-order valence-electron chi connectivity index (χ1n) is 7.81. The van der Waals surface area contributed by atoms with Crippen molar-refractivity contribution in [3.05, 3.63) is 58.3 Å². The van der Waals surface area contributed by atoms with Gasteiger partial charge in [0.15, 0.2) is 0 Å². The van der Waals surface area contributed by atoms with Crippen LogP contribution < -0.4 is 5.32 Å². The van der Waals surface area contributed by atoms with Gasteiger partial charge in [0.05, 0.1) is 10.0 Å². The highest BCUT2D eigenvalue weighted by Gasteiger charge is 2.20. The standard InChI is InChI=1S/C18H21Cl2N3O/c1-12(2)23(11-13(3)14-5-4-8-21-10-14)18(24)22-15-6-7-16(19)17(20)9-15/h4-10,12-13H,11H2,1-3H3,(H,22,24)/t13-/m1/s1. The van der Waals surface area contributed by atoms with Crippen LogP contribution in [0.2, 0.25) is 10.0 Å². The molecule has 0 aliphatic heterocycles. The van der Waals surface area contributed by atoms with Gasteiger partial charge in [-0.05, 0) is 43.7 Å². The summed E-state index contributed by atoms with van der Waals surface area (Å²) in [7, 11) is 0. The lowest BCUT2D eigenvalue weighted by atomic mass is 10.0. The van der Waals surface area contributed by atoms with Crippen molar-refractivity contribution >= 4 is 34.9 Å². The Bertz CT molecular complexity index is 692. The van der Waals surface area contributed by atoms with Crippen LogP contribution >= 0.6 is 23.2 Å². The summed E-state index contributed by atoms with van der Waals surface area (Å²) in [6.07, 6.45) is 3.58. The third-order valence-electron chi connectivity index (χ3n) is 3.78. The van der Waals surface area contributed by atoms with Crippen molar-refractivity contribution in [1.82, 2.24) is 9.88 Å². The van der Waals surface area contributed by atoms with Gasteiger partial charge in [0, 0.05) is 36.6 Å². The average Bonchev–Trinajstić information content (AvgIpc) is 2.56. The van der Waals surface area contributed by atoms with Gasteiger partial charge in [-0.25, -0.2) is 4.79 Å². The lowest BCUT2D eigenvalue weighted by Crippen LogP contribution is -2.42. The minimum atomic E-state index is -0.167. The Morgan fingerprint density at radius 3 is 2.54 bits per heavy atom. The van der Waals surface area contributed by atoms with Gasteiger partial charge in [0.1, 0.15) is 0 Å². The van der Waals surface area contributed by atoms with Crippen LogP contribution in [0.3, 0.4) is 0 Å². The number of carbonyl (C=O) groups excluding carboxylic acids is 1.